The average molecular weight is 281 g/mol. The van der Waals surface area contributed by atoms with Crippen molar-refractivity contribution in [2.24, 2.45) is 0 Å². The van der Waals surface area contributed by atoms with Gasteiger partial charge in [-0.3, -0.25) is 0 Å². The van der Waals surface area contributed by atoms with Gasteiger partial charge >= 0.3 is 0 Å². The molecule has 1 aromatic heterocycles. The minimum absolute atomic E-state index is 0. The number of nitrogens with zero attached hydrogens (tertiary/aromatic N) is 1. The number of aromatic nitrogens is 1. The molecule has 0 atom stereocenters. The smallest absolute Gasteiger partial charge is 0.0947 e. The first kappa shape index (κ1) is 12.8. The molecule has 1 aliphatic carbocycles. The highest BCUT2D eigenvalue weighted by molar-refractivity contribution is 6.00. The van der Waals surface area contributed by atoms with Crippen molar-refractivity contribution in [1.82, 2.24) is 4.98 Å². The minimum Gasteiger partial charge on any atom is -0.355 e. The summed E-state index contributed by atoms with van der Waals surface area (Å²) in [5.74, 6) is 0. The quantitative estimate of drug-likeness (QED) is 0.642. The molecule has 4 rings (SSSR count). The predicted octanol–water partition coefficient (Wildman–Crippen LogP) is 4.60. The molecular weight excluding hydrogens is 268 g/mol. The van der Waals surface area contributed by atoms with Gasteiger partial charge in [0.2, 0.25) is 0 Å². The number of nitriles is 1. The van der Waals surface area contributed by atoms with E-state index < -0.39 is 0 Å². The number of fused-ring (bicyclic) bond motifs is 4. The molecule has 2 nitrogen and oxygen atoms in total. The van der Waals surface area contributed by atoms with Crippen LogP contribution in [0.3, 0.4) is 0 Å². The van der Waals surface area contributed by atoms with E-state index in [1.54, 1.807) is 0 Å². The van der Waals surface area contributed by atoms with E-state index in [4.69, 9.17) is 5.26 Å². The van der Waals surface area contributed by atoms with Gasteiger partial charge in [0.05, 0.1) is 6.07 Å². The number of nitrogens with one attached hydrogen (secondary N) is 1. The molecule has 0 bridgehead atoms. The Bertz CT molecular complexity index is 881. The molecule has 1 N–H and O–H groups in total. The Labute approximate surface area is 123 Å². The van der Waals surface area contributed by atoms with Crippen molar-refractivity contribution in [3.05, 3.63) is 53.2 Å². The van der Waals surface area contributed by atoms with Crippen molar-refractivity contribution < 1.29 is 0 Å². The van der Waals surface area contributed by atoms with Gasteiger partial charge in [-0.25, -0.2) is 0 Å². The van der Waals surface area contributed by atoms with Gasteiger partial charge in [-0.05, 0) is 47.4 Å². The molecule has 3 heteroatoms. The van der Waals surface area contributed by atoms with Crippen LogP contribution in [0, 0.1) is 11.3 Å². The fourth-order valence-electron chi connectivity index (χ4n) is 2.95. The summed E-state index contributed by atoms with van der Waals surface area (Å²) < 4.78 is 0. The molecule has 1 heterocycles. The fraction of sp³-hybridized carbons (Fsp3) is 0.118. The Morgan fingerprint density at radius 3 is 2.55 bits per heavy atom. The summed E-state index contributed by atoms with van der Waals surface area (Å²) in [7, 11) is 0. The van der Waals surface area contributed by atoms with Crippen molar-refractivity contribution >= 4 is 40.2 Å². The predicted molar refractivity (Wildman–Crippen MR) is 85.0 cm³/mol. The van der Waals surface area contributed by atoms with Gasteiger partial charge in [-0.1, -0.05) is 24.3 Å². The highest BCUT2D eigenvalue weighted by atomic mass is 35.5. The zero-order chi connectivity index (χ0) is 12.8. The number of aryl methyl sites for hydroxylation is 1. The summed E-state index contributed by atoms with van der Waals surface area (Å²) in [6, 6.07) is 15.1. The zero-order valence-electron chi connectivity index (χ0n) is 10.8. The summed E-state index contributed by atoms with van der Waals surface area (Å²) in [6.07, 6.45) is 3.79. The van der Waals surface area contributed by atoms with Gasteiger partial charge in [0.25, 0.3) is 0 Å². The van der Waals surface area contributed by atoms with Gasteiger partial charge < -0.3 is 4.98 Å². The van der Waals surface area contributed by atoms with Crippen LogP contribution in [0.1, 0.15) is 17.7 Å². The second-order valence-corrected chi connectivity index (χ2v) is 5.04. The molecule has 0 saturated heterocycles. The van der Waals surface area contributed by atoms with Crippen molar-refractivity contribution in [1.29, 1.82) is 5.26 Å². The van der Waals surface area contributed by atoms with Crippen LogP contribution in [-0.2, 0) is 6.42 Å². The lowest BCUT2D eigenvalue weighted by Gasteiger charge is -2.07. The van der Waals surface area contributed by atoms with Crippen LogP contribution >= 0.6 is 12.4 Å². The second kappa shape index (κ2) is 4.70. The van der Waals surface area contributed by atoms with E-state index in [2.05, 4.69) is 47.5 Å². The Hall–Kier alpha value is -2.24. The highest BCUT2D eigenvalue weighted by Crippen LogP contribution is 2.32. The van der Waals surface area contributed by atoms with E-state index in [9.17, 15) is 0 Å². The maximum Gasteiger partial charge on any atom is 0.0947 e. The molecule has 0 radical (unpaired) electrons. The molecule has 3 aromatic rings. The Morgan fingerprint density at radius 2 is 1.80 bits per heavy atom. The lowest BCUT2D eigenvalue weighted by Crippen LogP contribution is -1.95. The van der Waals surface area contributed by atoms with Gasteiger partial charge in [-0.2, -0.15) is 5.26 Å². The Morgan fingerprint density at radius 1 is 1.05 bits per heavy atom. The number of halogens is 1. The summed E-state index contributed by atoms with van der Waals surface area (Å²) in [5.41, 5.74) is 4.48. The van der Waals surface area contributed by atoms with E-state index in [1.807, 2.05) is 6.08 Å². The van der Waals surface area contributed by atoms with Crippen LogP contribution < -0.4 is 0 Å². The second-order valence-electron chi connectivity index (χ2n) is 5.04. The first-order valence-corrected chi connectivity index (χ1v) is 6.49. The van der Waals surface area contributed by atoms with Crippen LogP contribution in [0.5, 0.6) is 0 Å². The molecule has 0 spiro atoms. The first-order chi connectivity index (χ1) is 9.35. The summed E-state index contributed by atoms with van der Waals surface area (Å²) >= 11 is 0. The molecule has 98 valence electrons. The first-order valence-electron chi connectivity index (χ1n) is 6.49. The van der Waals surface area contributed by atoms with Crippen molar-refractivity contribution in [3.63, 3.8) is 0 Å². The third-order valence-electron chi connectivity index (χ3n) is 3.91. The molecular formula is C17H13ClN2. The summed E-state index contributed by atoms with van der Waals surface area (Å²) in [5, 5.41) is 12.8. The molecule has 2 aromatic carbocycles. The number of allylic oxidation sites excluding steroid dienone is 1. The van der Waals surface area contributed by atoms with Crippen LogP contribution in [0.15, 0.2) is 42.0 Å². The number of hydrogen-bond donors (Lipinski definition) is 1. The van der Waals surface area contributed by atoms with Crippen LogP contribution in [-0.4, -0.2) is 4.98 Å². The lowest BCUT2D eigenvalue weighted by molar-refractivity contribution is 0.959. The van der Waals surface area contributed by atoms with Crippen LogP contribution in [0.25, 0.3) is 27.8 Å². The zero-order valence-corrected chi connectivity index (χ0v) is 11.6. The summed E-state index contributed by atoms with van der Waals surface area (Å²) in [4.78, 5) is 3.44. The summed E-state index contributed by atoms with van der Waals surface area (Å²) in [6.45, 7) is 0. The Kier molecular flexibility index (Phi) is 3.00. The SMILES string of the molecule is Cl.N#CC1=Cc2[nH]c3cc4ccccc4cc3c2CC1. The van der Waals surface area contributed by atoms with E-state index in [-0.39, 0.29) is 12.4 Å². The van der Waals surface area contributed by atoms with Crippen molar-refractivity contribution in [2.45, 2.75) is 12.8 Å². The third kappa shape index (κ3) is 1.79. The Balaban J connectivity index is 0.00000121. The van der Waals surface area contributed by atoms with E-state index in [0.29, 0.717) is 0 Å². The molecule has 0 aliphatic heterocycles. The van der Waals surface area contributed by atoms with Gasteiger partial charge in [0.15, 0.2) is 0 Å². The van der Waals surface area contributed by atoms with E-state index >= 15 is 0 Å². The monoisotopic (exact) mass is 280 g/mol. The topological polar surface area (TPSA) is 39.6 Å². The lowest BCUT2D eigenvalue weighted by atomic mass is 9.95. The molecule has 0 fully saturated rings. The van der Waals surface area contributed by atoms with Gasteiger partial charge in [-0.15, -0.1) is 12.4 Å². The minimum atomic E-state index is 0. The number of benzene rings is 2. The van der Waals surface area contributed by atoms with Gasteiger partial charge in [0, 0.05) is 22.2 Å². The van der Waals surface area contributed by atoms with Gasteiger partial charge in [0.1, 0.15) is 0 Å². The van der Waals surface area contributed by atoms with Crippen molar-refractivity contribution in [2.75, 3.05) is 0 Å². The fourth-order valence-corrected chi connectivity index (χ4v) is 2.95. The maximum atomic E-state index is 9.01. The number of H-pyrrole nitrogens is 1. The van der Waals surface area contributed by atoms with Crippen LogP contribution in [0.4, 0.5) is 0 Å². The van der Waals surface area contributed by atoms with Crippen molar-refractivity contribution in [3.8, 4) is 6.07 Å². The van der Waals surface area contributed by atoms with E-state index in [0.717, 1.165) is 24.1 Å². The highest BCUT2D eigenvalue weighted by Gasteiger charge is 2.16. The van der Waals surface area contributed by atoms with Crippen LogP contribution in [0.2, 0.25) is 0 Å². The number of rotatable bonds is 0. The number of aromatic amines is 1. The third-order valence-corrected chi connectivity index (χ3v) is 3.91. The maximum absolute atomic E-state index is 9.01. The number of hydrogen-bond acceptors (Lipinski definition) is 1. The largest absolute Gasteiger partial charge is 0.355 e. The standard InChI is InChI=1S/C17H12N2.ClH/c18-10-11-5-6-14-15-8-12-3-1-2-4-13(12)9-17(15)19-16(14)7-11;/h1-4,7-9,19H,5-6H2;1H. The molecule has 1 aliphatic rings. The molecule has 0 saturated carbocycles. The molecule has 20 heavy (non-hydrogen) atoms. The van der Waals surface area contributed by atoms with E-state index in [1.165, 1.54) is 27.2 Å². The average Bonchev–Trinajstić information content (AvgIpc) is 2.81. The molecule has 0 unspecified atom stereocenters. The normalized spacial score (nSPS) is 13.4. The molecule has 0 amide bonds.